The van der Waals surface area contributed by atoms with Gasteiger partial charge in [0.25, 0.3) is 5.56 Å². The van der Waals surface area contributed by atoms with Crippen LogP contribution in [-0.2, 0) is 17.8 Å². The Labute approximate surface area is 169 Å². The Morgan fingerprint density at radius 1 is 1.17 bits per heavy atom. The molecule has 0 aliphatic carbocycles. The number of nitrogen functional groups attached to an aromatic ring is 1. The van der Waals surface area contributed by atoms with Gasteiger partial charge in [0, 0.05) is 13.1 Å². The fourth-order valence-electron chi connectivity index (χ4n) is 3.17. The lowest BCUT2D eigenvalue weighted by atomic mass is 10.1. The van der Waals surface area contributed by atoms with Crippen LogP contribution in [0.3, 0.4) is 0 Å². The van der Waals surface area contributed by atoms with E-state index in [-0.39, 0.29) is 23.8 Å². The number of carbonyl (C=O) groups excluding carboxylic acids is 1. The van der Waals surface area contributed by atoms with E-state index in [1.807, 2.05) is 13.8 Å². The number of H-pyrrole nitrogens is 1. The lowest BCUT2D eigenvalue weighted by molar-refractivity contribution is -0.118. The topological polar surface area (TPSA) is 101 Å². The van der Waals surface area contributed by atoms with E-state index in [0.29, 0.717) is 31.5 Å². The number of aromatic nitrogens is 2. The summed E-state index contributed by atoms with van der Waals surface area (Å²) < 4.78 is 14.8. The van der Waals surface area contributed by atoms with Crippen molar-refractivity contribution < 1.29 is 9.18 Å². The lowest BCUT2D eigenvalue weighted by Gasteiger charge is -2.24. The van der Waals surface area contributed by atoms with Crippen molar-refractivity contribution in [2.75, 3.05) is 17.2 Å². The second-order valence-corrected chi connectivity index (χ2v) is 7.06. The molecule has 3 N–H and O–H groups in total. The van der Waals surface area contributed by atoms with Crippen LogP contribution in [0.15, 0.2) is 33.9 Å². The summed E-state index contributed by atoms with van der Waals surface area (Å²) >= 11 is 0. The molecule has 0 spiro atoms. The molecule has 158 valence electrons. The minimum Gasteiger partial charge on any atom is -0.383 e. The second kappa shape index (κ2) is 10.6. The summed E-state index contributed by atoms with van der Waals surface area (Å²) in [5, 5.41) is 0. The monoisotopic (exact) mass is 404 g/mol. The van der Waals surface area contributed by atoms with Crippen molar-refractivity contribution in [1.82, 2.24) is 9.55 Å². The largest absolute Gasteiger partial charge is 0.383 e. The predicted molar refractivity (Wildman–Crippen MR) is 113 cm³/mol. The number of hydrogen-bond acceptors (Lipinski definition) is 4. The second-order valence-electron chi connectivity index (χ2n) is 7.06. The number of unbranched alkanes of at least 4 members (excludes halogenated alkanes) is 3. The Bertz CT molecular complexity index is 952. The van der Waals surface area contributed by atoms with Crippen molar-refractivity contribution in [3.63, 3.8) is 0 Å². The minimum absolute atomic E-state index is 0.0155. The average Bonchev–Trinajstić information content (AvgIpc) is 2.66. The number of amides is 1. The number of rotatable bonds is 10. The number of carbonyl (C=O) groups is 1. The summed E-state index contributed by atoms with van der Waals surface area (Å²) in [6.45, 7) is 4.66. The number of aromatic amines is 1. The number of benzene rings is 1. The highest BCUT2D eigenvalue weighted by molar-refractivity contribution is 5.96. The van der Waals surface area contributed by atoms with Gasteiger partial charge in [0.15, 0.2) is 5.69 Å². The summed E-state index contributed by atoms with van der Waals surface area (Å²) in [6, 6.07) is 5.78. The van der Waals surface area contributed by atoms with Gasteiger partial charge in [-0.25, -0.2) is 9.18 Å². The molecule has 0 saturated heterocycles. The maximum atomic E-state index is 13.5. The van der Waals surface area contributed by atoms with E-state index in [0.717, 1.165) is 19.3 Å². The summed E-state index contributed by atoms with van der Waals surface area (Å²) in [5.74, 6) is -0.820. The molecule has 29 heavy (non-hydrogen) atoms. The van der Waals surface area contributed by atoms with Gasteiger partial charge in [-0.05, 0) is 30.5 Å². The Kier molecular flexibility index (Phi) is 8.18. The van der Waals surface area contributed by atoms with Crippen LogP contribution in [0, 0.1) is 5.82 Å². The zero-order chi connectivity index (χ0) is 21.4. The standard InChI is InChI=1S/C21H29FN4O3/c1-3-5-7-12-25(17(27)14-15-9-8-10-16(22)13-15)18-19(23)26(11-6-4-2)21(29)24-20(18)28/h8-10,13H,3-7,11-12,14,23H2,1-2H3,(H,24,28,29). The van der Waals surface area contributed by atoms with Crippen molar-refractivity contribution in [1.29, 1.82) is 0 Å². The van der Waals surface area contributed by atoms with Crippen LogP contribution in [0.1, 0.15) is 51.5 Å². The molecule has 1 aromatic carbocycles. The Morgan fingerprint density at radius 3 is 2.55 bits per heavy atom. The van der Waals surface area contributed by atoms with Gasteiger partial charge in [0.05, 0.1) is 6.42 Å². The van der Waals surface area contributed by atoms with Gasteiger partial charge in [-0.1, -0.05) is 45.2 Å². The van der Waals surface area contributed by atoms with E-state index in [1.54, 1.807) is 6.07 Å². The van der Waals surface area contributed by atoms with Crippen LogP contribution in [0.4, 0.5) is 15.9 Å². The number of nitrogens with zero attached hydrogens (tertiary/aromatic N) is 2. The van der Waals surface area contributed by atoms with Gasteiger partial charge in [-0.3, -0.25) is 19.1 Å². The van der Waals surface area contributed by atoms with Crippen molar-refractivity contribution >= 4 is 17.4 Å². The van der Waals surface area contributed by atoms with Gasteiger partial charge in [0.2, 0.25) is 5.91 Å². The van der Waals surface area contributed by atoms with E-state index in [2.05, 4.69) is 4.98 Å². The zero-order valence-corrected chi connectivity index (χ0v) is 17.0. The van der Waals surface area contributed by atoms with E-state index in [1.165, 1.54) is 27.7 Å². The quantitative estimate of drug-likeness (QED) is 0.595. The SMILES string of the molecule is CCCCCN(C(=O)Cc1cccc(F)c1)c1c(N)n(CCCC)c(=O)[nH]c1=O. The average molecular weight is 404 g/mol. The minimum atomic E-state index is -0.690. The third-order valence-corrected chi connectivity index (χ3v) is 4.75. The lowest BCUT2D eigenvalue weighted by Crippen LogP contribution is -2.42. The number of hydrogen-bond donors (Lipinski definition) is 2. The normalized spacial score (nSPS) is 10.9. The van der Waals surface area contributed by atoms with Crippen LogP contribution < -0.4 is 21.9 Å². The molecular formula is C21H29FN4O3. The molecule has 8 heteroatoms. The van der Waals surface area contributed by atoms with Gasteiger partial charge in [-0.15, -0.1) is 0 Å². The highest BCUT2D eigenvalue weighted by atomic mass is 19.1. The molecular weight excluding hydrogens is 375 g/mol. The van der Waals surface area contributed by atoms with Gasteiger partial charge in [0.1, 0.15) is 11.6 Å². The fourth-order valence-corrected chi connectivity index (χ4v) is 3.17. The van der Waals surface area contributed by atoms with E-state index in [9.17, 15) is 18.8 Å². The number of halogens is 1. The predicted octanol–water partition coefficient (Wildman–Crippen LogP) is 2.82. The Balaban J connectivity index is 2.44. The third kappa shape index (κ3) is 5.79. The van der Waals surface area contributed by atoms with Crippen molar-refractivity contribution in [2.24, 2.45) is 0 Å². The summed E-state index contributed by atoms with van der Waals surface area (Å²) in [5.41, 5.74) is 5.39. The van der Waals surface area contributed by atoms with Crippen molar-refractivity contribution in [2.45, 2.75) is 58.9 Å². The molecule has 2 rings (SSSR count). The molecule has 0 saturated carbocycles. The Hall–Kier alpha value is -2.90. The smallest absolute Gasteiger partial charge is 0.330 e. The molecule has 0 aliphatic rings. The highest BCUT2D eigenvalue weighted by Crippen LogP contribution is 2.20. The van der Waals surface area contributed by atoms with E-state index >= 15 is 0 Å². The molecule has 0 atom stereocenters. The first-order chi connectivity index (χ1) is 13.9. The molecule has 1 aromatic heterocycles. The van der Waals surface area contributed by atoms with Crippen LogP contribution in [-0.4, -0.2) is 22.0 Å². The van der Waals surface area contributed by atoms with Crippen LogP contribution in [0.5, 0.6) is 0 Å². The summed E-state index contributed by atoms with van der Waals surface area (Å²) in [7, 11) is 0. The third-order valence-electron chi connectivity index (χ3n) is 4.75. The number of nitrogens with one attached hydrogen (secondary N) is 1. The molecule has 2 aromatic rings. The van der Waals surface area contributed by atoms with Gasteiger partial charge < -0.3 is 10.6 Å². The number of nitrogens with two attached hydrogens (primary N) is 1. The van der Waals surface area contributed by atoms with Crippen molar-refractivity contribution in [3.05, 3.63) is 56.5 Å². The first-order valence-electron chi connectivity index (χ1n) is 10.1. The molecule has 0 unspecified atom stereocenters. The molecule has 1 amide bonds. The summed E-state index contributed by atoms with van der Waals surface area (Å²) in [6.07, 6.45) is 3.97. The van der Waals surface area contributed by atoms with E-state index in [4.69, 9.17) is 5.73 Å². The first kappa shape index (κ1) is 22.4. The zero-order valence-electron chi connectivity index (χ0n) is 17.0. The van der Waals surface area contributed by atoms with E-state index < -0.39 is 17.1 Å². The molecule has 0 aliphatic heterocycles. The molecule has 0 fully saturated rings. The Morgan fingerprint density at radius 2 is 1.90 bits per heavy atom. The number of anilines is 2. The van der Waals surface area contributed by atoms with Gasteiger partial charge in [-0.2, -0.15) is 0 Å². The summed E-state index contributed by atoms with van der Waals surface area (Å²) in [4.78, 5) is 41.4. The molecule has 7 nitrogen and oxygen atoms in total. The van der Waals surface area contributed by atoms with Crippen LogP contribution >= 0.6 is 0 Å². The highest BCUT2D eigenvalue weighted by Gasteiger charge is 2.24. The fraction of sp³-hybridized carbons (Fsp3) is 0.476. The maximum absolute atomic E-state index is 13.5. The van der Waals surface area contributed by atoms with Crippen LogP contribution in [0.25, 0.3) is 0 Å². The molecule has 0 bridgehead atoms. The van der Waals surface area contributed by atoms with Crippen molar-refractivity contribution in [3.8, 4) is 0 Å². The first-order valence-corrected chi connectivity index (χ1v) is 10.1. The molecule has 1 heterocycles. The maximum Gasteiger partial charge on any atom is 0.330 e. The van der Waals surface area contributed by atoms with Crippen LogP contribution in [0.2, 0.25) is 0 Å². The van der Waals surface area contributed by atoms with Gasteiger partial charge >= 0.3 is 5.69 Å². The molecule has 0 radical (unpaired) electrons.